The smallest absolute Gasteiger partial charge is 0.264 e. The summed E-state index contributed by atoms with van der Waals surface area (Å²) in [7, 11) is 0. The number of hydrogen-bond donors (Lipinski definition) is 1. The molecule has 0 aliphatic heterocycles. The fraction of sp³-hybridized carbons (Fsp3) is 0.333. The Balaban J connectivity index is 2.45. The van der Waals surface area contributed by atoms with Crippen LogP contribution in [0.1, 0.15) is 39.3 Å². The van der Waals surface area contributed by atoms with E-state index in [0.29, 0.717) is 4.57 Å². The first kappa shape index (κ1) is 8.07. The van der Waals surface area contributed by atoms with Crippen molar-refractivity contribution in [3.8, 4) is 0 Å². The molecule has 2 aromatic rings. The van der Waals surface area contributed by atoms with Gasteiger partial charge in [0.15, 0.2) is 5.78 Å². The van der Waals surface area contributed by atoms with Gasteiger partial charge in [0.25, 0.3) is 5.56 Å². The maximum absolute atomic E-state index is 13.1. The molecule has 0 spiro atoms. The molecule has 3 unspecified atom stereocenters. The Morgan fingerprint density at radius 1 is 1.57 bits per heavy atom. The number of Topliss-reactive ketones (excluding diaryl/α,β-unsaturated/α-hetero) is 2. The summed E-state index contributed by atoms with van der Waals surface area (Å²) in [5.41, 5.74) is 4.34. The monoisotopic (exact) mass is 291 g/mol. The summed E-state index contributed by atoms with van der Waals surface area (Å²) in [5, 5.41) is -0.307. The number of rotatable bonds is 1. The van der Waals surface area contributed by atoms with Crippen molar-refractivity contribution in [2.75, 3.05) is 5.73 Å². The number of nitrogens with two attached hydrogens (primary N) is 1. The number of nitrogen functional groups attached to an aromatic ring is 1. The number of nitrogens with zero attached hydrogens (tertiary/aromatic N) is 2. The normalized spacial score (nSPS) is 33.7. The molecule has 3 atom stereocenters. The fourth-order valence-corrected chi connectivity index (χ4v) is 2.19. The highest BCUT2D eigenvalue weighted by Crippen LogP contribution is 2.24. The molecule has 0 amide bonds. The van der Waals surface area contributed by atoms with Crippen LogP contribution < -0.4 is 11.3 Å². The van der Waals surface area contributed by atoms with E-state index >= 15 is 0 Å². The molecule has 6 heteroatoms. The van der Waals surface area contributed by atoms with Gasteiger partial charge in [-0.3, -0.25) is 19.0 Å². The first-order chi connectivity index (χ1) is 12.5. The van der Waals surface area contributed by atoms with Crippen LogP contribution in [0.15, 0.2) is 22.9 Å². The molecule has 1 aromatic heterocycles. The van der Waals surface area contributed by atoms with E-state index in [1.807, 2.05) is 0 Å². The van der Waals surface area contributed by atoms with Gasteiger partial charge in [0.05, 0.1) is 27.5 Å². The van der Waals surface area contributed by atoms with Gasteiger partial charge >= 0.3 is 0 Å². The quantitative estimate of drug-likeness (QED) is 0.628. The third-order valence-corrected chi connectivity index (χ3v) is 3.15. The lowest BCUT2D eigenvalue weighted by molar-refractivity contribution is -0.132. The summed E-state index contributed by atoms with van der Waals surface area (Å²) in [6.45, 7) is -0.663. The van der Waals surface area contributed by atoms with Crippen molar-refractivity contribution in [3.05, 3.63) is 34.3 Å². The number of ketones is 2. The zero-order valence-electron chi connectivity index (χ0n) is 16.8. The zero-order valence-corrected chi connectivity index (χ0v) is 10.8. The van der Waals surface area contributed by atoms with Crippen LogP contribution in [0.3, 0.4) is 0 Å². The Bertz CT molecular complexity index is 1060. The number of benzene rings is 1. The van der Waals surface area contributed by atoms with Gasteiger partial charge in [-0.25, -0.2) is 4.98 Å². The molecule has 3 rings (SSSR count). The number of aromatic nitrogens is 2. The van der Waals surface area contributed by atoms with E-state index in [4.69, 9.17) is 14.0 Å². The van der Waals surface area contributed by atoms with Crippen LogP contribution in [0.4, 0.5) is 5.69 Å². The van der Waals surface area contributed by atoms with E-state index in [9.17, 15) is 14.4 Å². The molecule has 1 aromatic carbocycles. The third-order valence-electron chi connectivity index (χ3n) is 3.15. The first-order valence-electron chi connectivity index (χ1n) is 9.43. The number of anilines is 1. The molecule has 1 aliphatic carbocycles. The highest BCUT2D eigenvalue weighted by atomic mass is 16.2. The molecule has 108 valence electrons. The zero-order chi connectivity index (χ0) is 20.3. The Morgan fingerprint density at radius 3 is 3.14 bits per heavy atom. The number of carbonyl (C=O) groups is 2. The molecule has 1 fully saturated rings. The predicted octanol–water partition coefficient (Wildman–Crippen LogP) is 1.15. The number of hydrogen-bond acceptors (Lipinski definition) is 5. The van der Waals surface area contributed by atoms with Gasteiger partial charge in [0.2, 0.25) is 0 Å². The lowest BCUT2D eigenvalue weighted by Gasteiger charge is -2.24. The second kappa shape index (κ2) is 4.80. The molecule has 21 heavy (non-hydrogen) atoms. The number of fused-ring (bicyclic) bond motifs is 1. The van der Waals surface area contributed by atoms with E-state index in [2.05, 4.69) is 4.98 Å². The highest BCUT2D eigenvalue weighted by molar-refractivity contribution is 6.03. The topological polar surface area (TPSA) is 95.0 Å². The standard InChI is InChI=1S/C15H15N3O3/c1-8-17-11-4-2-3-10(16)14(11)15(21)18(8)12-6-5-9(19)7-13(12)20/h2-4,12H,5-7,16H2,1H3/i1D,2D,4D,5D,6D,12D. The van der Waals surface area contributed by atoms with Gasteiger partial charge in [-0.05, 0) is 25.4 Å². The fourth-order valence-electron chi connectivity index (χ4n) is 2.19. The van der Waals surface area contributed by atoms with Gasteiger partial charge in [-0.1, -0.05) is 6.04 Å². The van der Waals surface area contributed by atoms with Gasteiger partial charge in [-0.15, -0.1) is 0 Å². The van der Waals surface area contributed by atoms with Crippen LogP contribution in [0.2, 0.25) is 0 Å². The highest BCUT2D eigenvalue weighted by Gasteiger charge is 2.30. The second-order valence-corrected chi connectivity index (χ2v) is 4.55. The van der Waals surface area contributed by atoms with Crippen molar-refractivity contribution in [3.63, 3.8) is 0 Å². The van der Waals surface area contributed by atoms with Crippen LogP contribution in [0.5, 0.6) is 0 Å². The Labute approximate surface area is 129 Å². The molecular weight excluding hydrogens is 270 g/mol. The number of aryl methyl sites for hydroxylation is 1. The average molecular weight is 291 g/mol. The van der Waals surface area contributed by atoms with Crippen molar-refractivity contribution in [1.82, 2.24) is 9.55 Å². The SMILES string of the molecule is [2H]Cc1nc2c([2H])c([2H])cc(N)c2c(=O)n1C1([2H])C(=O)CC(=O)C([2H])C1[2H]. The van der Waals surface area contributed by atoms with Crippen LogP contribution in [0.25, 0.3) is 10.9 Å². The minimum Gasteiger partial charge on any atom is -0.398 e. The van der Waals surface area contributed by atoms with E-state index in [0.717, 1.165) is 6.07 Å². The van der Waals surface area contributed by atoms with Gasteiger partial charge in [0.1, 0.15) is 11.6 Å². The summed E-state index contributed by atoms with van der Waals surface area (Å²) in [4.78, 5) is 41.3. The van der Waals surface area contributed by atoms with Gasteiger partial charge < -0.3 is 5.73 Å². The third kappa shape index (κ3) is 2.12. The predicted molar refractivity (Wildman–Crippen MR) is 78.1 cm³/mol. The van der Waals surface area contributed by atoms with Crippen LogP contribution in [-0.2, 0) is 9.59 Å². The summed E-state index contributed by atoms with van der Waals surface area (Å²) in [5.74, 6) is -2.24. The Hall–Kier alpha value is -2.50. The van der Waals surface area contributed by atoms with Crippen molar-refractivity contribution >= 4 is 28.2 Å². The molecule has 1 aliphatic rings. The molecule has 1 saturated carbocycles. The van der Waals surface area contributed by atoms with Crippen molar-refractivity contribution in [1.29, 1.82) is 0 Å². The lowest BCUT2D eigenvalue weighted by atomic mass is 9.92. The van der Waals surface area contributed by atoms with Crippen molar-refractivity contribution < 1.29 is 17.8 Å². The molecular formula is C15H15N3O3. The summed E-state index contributed by atoms with van der Waals surface area (Å²) >= 11 is 0. The molecule has 0 radical (unpaired) electrons. The molecule has 0 saturated heterocycles. The summed E-state index contributed by atoms with van der Waals surface area (Å²) in [6, 6.07) is -2.25. The Kier molecular flexibility index (Phi) is 1.84. The summed E-state index contributed by atoms with van der Waals surface area (Å²) < 4.78 is 48.1. The van der Waals surface area contributed by atoms with Gasteiger partial charge in [-0.2, -0.15) is 0 Å². The molecule has 2 N–H and O–H groups in total. The minimum absolute atomic E-state index is 0.194. The molecule has 6 nitrogen and oxygen atoms in total. The lowest BCUT2D eigenvalue weighted by Crippen LogP contribution is -2.36. The van der Waals surface area contributed by atoms with E-state index in [1.165, 1.54) is 0 Å². The van der Waals surface area contributed by atoms with Crippen LogP contribution in [0, 0.1) is 6.90 Å². The van der Waals surface area contributed by atoms with E-state index in [1.54, 1.807) is 0 Å². The largest absolute Gasteiger partial charge is 0.398 e. The minimum atomic E-state index is -2.62. The first-order valence-corrected chi connectivity index (χ1v) is 6.07. The summed E-state index contributed by atoms with van der Waals surface area (Å²) in [6.07, 6.45) is -4.39. The van der Waals surface area contributed by atoms with E-state index in [-0.39, 0.29) is 28.5 Å². The van der Waals surface area contributed by atoms with Crippen LogP contribution in [-0.4, -0.2) is 21.1 Å². The second-order valence-electron chi connectivity index (χ2n) is 4.55. The van der Waals surface area contributed by atoms with E-state index < -0.39 is 55.3 Å². The Morgan fingerprint density at radius 2 is 2.38 bits per heavy atom. The van der Waals surface area contributed by atoms with Crippen molar-refractivity contribution in [2.24, 2.45) is 0 Å². The van der Waals surface area contributed by atoms with Crippen LogP contribution >= 0.6 is 0 Å². The van der Waals surface area contributed by atoms with Crippen molar-refractivity contribution in [2.45, 2.75) is 32.1 Å². The average Bonchev–Trinajstić information content (AvgIpc) is 2.62. The maximum atomic E-state index is 13.1. The maximum Gasteiger partial charge on any atom is 0.264 e. The molecule has 1 heterocycles. The molecule has 0 bridgehead atoms. The van der Waals surface area contributed by atoms with Gasteiger partial charge in [0, 0.05) is 16.2 Å². The number of carbonyl (C=O) groups excluding carboxylic acids is 2.